The van der Waals surface area contributed by atoms with Gasteiger partial charge in [-0.3, -0.25) is 0 Å². The second-order valence-corrected chi connectivity index (χ2v) is 4.83. The van der Waals surface area contributed by atoms with E-state index in [9.17, 15) is 0 Å². The number of aryl methyl sites for hydroxylation is 1. The number of ether oxygens (including phenoxy) is 1. The van der Waals surface area contributed by atoms with Crippen LogP contribution in [0.3, 0.4) is 0 Å². The molecule has 1 rings (SSSR count). The Balaban J connectivity index is 2.56. The molecule has 1 atom stereocenters. The third kappa shape index (κ3) is 3.65. The molecule has 3 heteroatoms. The summed E-state index contributed by atoms with van der Waals surface area (Å²) in [5, 5.41) is 3.31. The normalized spacial score (nSPS) is 14.1. The first kappa shape index (κ1) is 13.3. The standard InChI is InChI=1S/C13H23NO2/c1-10-8-11(9-16-10)12(14-4)6-7-13(2,3)15-5/h8-9,12,14H,6-7H2,1-5H3. The van der Waals surface area contributed by atoms with Crippen LogP contribution in [0.1, 0.15) is 44.1 Å². The molecule has 0 aromatic carbocycles. The molecule has 0 bridgehead atoms. The summed E-state index contributed by atoms with van der Waals surface area (Å²) in [6.45, 7) is 6.19. The van der Waals surface area contributed by atoms with Crippen LogP contribution >= 0.6 is 0 Å². The van der Waals surface area contributed by atoms with Gasteiger partial charge in [0.25, 0.3) is 0 Å². The maximum atomic E-state index is 5.42. The minimum Gasteiger partial charge on any atom is -0.469 e. The van der Waals surface area contributed by atoms with Crippen LogP contribution in [-0.4, -0.2) is 19.8 Å². The monoisotopic (exact) mass is 225 g/mol. The van der Waals surface area contributed by atoms with Gasteiger partial charge >= 0.3 is 0 Å². The van der Waals surface area contributed by atoms with Crippen molar-refractivity contribution < 1.29 is 9.15 Å². The van der Waals surface area contributed by atoms with Crippen LogP contribution in [0.5, 0.6) is 0 Å². The highest BCUT2D eigenvalue weighted by Gasteiger charge is 2.20. The average molecular weight is 225 g/mol. The highest BCUT2D eigenvalue weighted by atomic mass is 16.5. The van der Waals surface area contributed by atoms with Gasteiger partial charge in [0.05, 0.1) is 11.9 Å². The van der Waals surface area contributed by atoms with Crippen molar-refractivity contribution in [1.82, 2.24) is 5.32 Å². The van der Waals surface area contributed by atoms with Gasteiger partial charge in [-0.2, -0.15) is 0 Å². The number of hydrogen-bond donors (Lipinski definition) is 1. The summed E-state index contributed by atoms with van der Waals surface area (Å²) >= 11 is 0. The predicted octanol–water partition coefficient (Wildman–Crippen LogP) is 3.05. The maximum absolute atomic E-state index is 5.42. The maximum Gasteiger partial charge on any atom is 0.101 e. The molecule has 3 nitrogen and oxygen atoms in total. The van der Waals surface area contributed by atoms with Gasteiger partial charge in [-0.15, -0.1) is 0 Å². The molecular weight excluding hydrogens is 202 g/mol. The summed E-state index contributed by atoms with van der Waals surface area (Å²) in [5.41, 5.74) is 1.15. The van der Waals surface area contributed by atoms with E-state index < -0.39 is 0 Å². The second-order valence-electron chi connectivity index (χ2n) is 4.83. The van der Waals surface area contributed by atoms with E-state index in [0.717, 1.165) is 18.6 Å². The number of methoxy groups -OCH3 is 1. The molecule has 0 amide bonds. The Kier molecular flexibility index (Phi) is 4.56. The van der Waals surface area contributed by atoms with Crippen molar-refractivity contribution in [2.24, 2.45) is 0 Å². The lowest BCUT2D eigenvalue weighted by atomic mass is 9.96. The van der Waals surface area contributed by atoms with E-state index in [0.29, 0.717) is 6.04 Å². The molecule has 0 spiro atoms. The Morgan fingerprint density at radius 2 is 2.19 bits per heavy atom. The van der Waals surface area contributed by atoms with Crippen molar-refractivity contribution >= 4 is 0 Å². The van der Waals surface area contributed by atoms with Gasteiger partial charge in [-0.1, -0.05) is 0 Å². The minimum atomic E-state index is -0.0616. The summed E-state index contributed by atoms with van der Waals surface area (Å²) in [6, 6.07) is 2.42. The highest BCUT2D eigenvalue weighted by Crippen LogP contribution is 2.25. The van der Waals surface area contributed by atoms with Gasteiger partial charge in [-0.05, 0) is 46.7 Å². The minimum absolute atomic E-state index is 0.0616. The van der Waals surface area contributed by atoms with Crippen LogP contribution in [0.2, 0.25) is 0 Å². The predicted molar refractivity (Wildman–Crippen MR) is 65.6 cm³/mol. The van der Waals surface area contributed by atoms with Gasteiger partial charge in [0.15, 0.2) is 0 Å². The fourth-order valence-electron chi connectivity index (χ4n) is 1.72. The topological polar surface area (TPSA) is 34.4 Å². The Labute approximate surface area is 98.2 Å². The Hall–Kier alpha value is -0.800. The lowest BCUT2D eigenvalue weighted by molar-refractivity contribution is 0.0118. The summed E-state index contributed by atoms with van der Waals surface area (Å²) in [5.74, 6) is 0.959. The van der Waals surface area contributed by atoms with Gasteiger partial charge in [0, 0.05) is 18.7 Å². The van der Waals surface area contributed by atoms with Gasteiger partial charge in [0.1, 0.15) is 5.76 Å². The first-order chi connectivity index (χ1) is 7.48. The zero-order chi connectivity index (χ0) is 12.2. The van der Waals surface area contributed by atoms with Crippen molar-refractivity contribution in [1.29, 1.82) is 0 Å². The third-order valence-electron chi connectivity index (χ3n) is 3.09. The molecule has 0 saturated carbocycles. The molecule has 0 saturated heterocycles. The molecule has 0 aliphatic rings. The molecule has 1 unspecified atom stereocenters. The lowest BCUT2D eigenvalue weighted by Gasteiger charge is -2.25. The third-order valence-corrected chi connectivity index (χ3v) is 3.09. The Morgan fingerprint density at radius 3 is 2.62 bits per heavy atom. The van der Waals surface area contributed by atoms with E-state index in [4.69, 9.17) is 9.15 Å². The Bertz CT molecular complexity index is 317. The summed E-state index contributed by atoms with van der Waals surface area (Å²) < 4.78 is 10.8. The average Bonchev–Trinajstić information content (AvgIpc) is 2.66. The van der Waals surface area contributed by atoms with Crippen molar-refractivity contribution in [3.05, 3.63) is 23.7 Å². The molecular formula is C13H23NO2. The zero-order valence-electron chi connectivity index (χ0n) is 11.0. The van der Waals surface area contributed by atoms with Gasteiger partial charge in [-0.25, -0.2) is 0 Å². The number of furan rings is 1. The van der Waals surface area contributed by atoms with Crippen molar-refractivity contribution in [3.8, 4) is 0 Å². The van der Waals surface area contributed by atoms with Crippen LogP contribution in [0, 0.1) is 6.92 Å². The van der Waals surface area contributed by atoms with Crippen LogP contribution in [-0.2, 0) is 4.74 Å². The van der Waals surface area contributed by atoms with E-state index in [1.807, 2.05) is 20.2 Å². The molecule has 1 aromatic heterocycles. The van der Waals surface area contributed by atoms with Crippen LogP contribution in [0.15, 0.2) is 16.7 Å². The molecule has 0 aliphatic heterocycles. The fraction of sp³-hybridized carbons (Fsp3) is 0.692. The molecule has 16 heavy (non-hydrogen) atoms. The number of rotatable bonds is 6. The zero-order valence-corrected chi connectivity index (χ0v) is 11.0. The molecule has 1 N–H and O–H groups in total. The van der Waals surface area contributed by atoms with Gasteiger partial charge < -0.3 is 14.5 Å². The van der Waals surface area contributed by atoms with Crippen LogP contribution in [0.4, 0.5) is 0 Å². The molecule has 92 valence electrons. The summed E-state index contributed by atoms with van der Waals surface area (Å²) in [4.78, 5) is 0. The molecule has 1 aromatic rings. The first-order valence-corrected chi connectivity index (χ1v) is 5.76. The second kappa shape index (κ2) is 5.51. The van der Waals surface area contributed by atoms with Crippen molar-refractivity contribution in [3.63, 3.8) is 0 Å². The van der Waals surface area contributed by atoms with E-state index in [-0.39, 0.29) is 5.60 Å². The highest BCUT2D eigenvalue weighted by molar-refractivity contribution is 5.16. The largest absolute Gasteiger partial charge is 0.469 e. The smallest absolute Gasteiger partial charge is 0.101 e. The van der Waals surface area contributed by atoms with E-state index >= 15 is 0 Å². The number of nitrogens with one attached hydrogen (secondary N) is 1. The lowest BCUT2D eigenvalue weighted by Crippen LogP contribution is -2.25. The van der Waals surface area contributed by atoms with Crippen molar-refractivity contribution in [2.45, 2.75) is 45.3 Å². The van der Waals surface area contributed by atoms with Crippen LogP contribution < -0.4 is 5.32 Å². The summed E-state index contributed by atoms with van der Waals surface area (Å²) in [6.07, 6.45) is 3.88. The summed E-state index contributed by atoms with van der Waals surface area (Å²) in [7, 11) is 3.74. The molecule has 0 fully saturated rings. The van der Waals surface area contributed by atoms with Crippen molar-refractivity contribution in [2.75, 3.05) is 14.2 Å². The Morgan fingerprint density at radius 1 is 1.50 bits per heavy atom. The van der Waals surface area contributed by atoms with Crippen LogP contribution in [0.25, 0.3) is 0 Å². The first-order valence-electron chi connectivity index (χ1n) is 5.76. The molecule has 1 heterocycles. The van der Waals surface area contributed by atoms with Gasteiger partial charge in [0.2, 0.25) is 0 Å². The quantitative estimate of drug-likeness (QED) is 0.808. The van der Waals surface area contributed by atoms with E-state index in [2.05, 4.69) is 25.2 Å². The molecule has 0 radical (unpaired) electrons. The molecule has 0 aliphatic carbocycles. The fourth-order valence-corrected chi connectivity index (χ4v) is 1.72. The SMILES string of the molecule is CNC(CCC(C)(C)OC)c1coc(C)c1. The van der Waals surface area contributed by atoms with E-state index in [1.54, 1.807) is 7.11 Å². The number of hydrogen-bond acceptors (Lipinski definition) is 3. The van der Waals surface area contributed by atoms with E-state index in [1.165, 1.54) is 5.56 Å².